The molecule has 106 valence electrons. The second kappa shape index (κ2) is 7.66. The molecule has 1 saturated carbocycles. The number of hydrogen-bond acceptors (Lipinski definition) is 2. The van der Waals surface area contributed by atoms with Crippen LogP contribution in [0, 0.1) is 5.92 Å². The van der Waals surface area contributed by atoms with Crippen molar-refractivity contribution < 1.29 is 0 Å². The molecule has 1 N–H and O–H groups in total. The van der Waals surface area contributed by atoms with Gasteiger partial charge in [0.15, 0.2) is 0 Å². The molecule has 0 aromatic heterocycles. The quantitative estimate of drug-likeness (QED) is 0.731. The van der Waals surface area contributed by atoms with Crippen LogP contribution in [-0.2, 0) is 0 Å². The molecule has 1 aromatic rings. The molecule has 0 spiro atoms. The number of benzene rings is 1. The molecule has 1 aromatic carbocycles. The summed E-state index contributed by atoms with van der Waals surface area (Å²) >= 11 is 0. The molecule has 2 rings (SSSR count). The Hall–Kier alpha value is -0.860. The molecule has 1 atom stereocenters. The number of nitrogens with zero attached hydrogens (tertiary/aromatic N) is 1. The van der Waals surface area contributed by atoms with Crippen LogP contribution in [-0.4, -0.2) is 31.1 Å². The maximum Gasteiger partial charge on any atom is 0.0349 e. The number of likely N-dealkylation sites (N-methyl/N-ethyl adjacent to an activating group) is 1. The fraction of sp³-hybridized carbons (Fsp3) is 0.647. The Kier molecular flexibility index (Phi) is 5.87. The summed E-state index contributed by atoms with van der Waals surface area (Å²) in [5.41, 5.74) is 1.46. The molecule has 1 aliphatic carbocycles. The SMILES string of the molecule is CCCN(CC)CCNC(c1ccccc1)C1CC1. The molecule has 0 radical (unpaired) electrons. The molecule has 0 aliphatic heterocycles. The second-order valence-corrected chi connectivity index (χ2v) is 5.61. The lowest BCUT2D eigenvalue weighted by molar-refractivity contribution is 0.280. The summed E-state index contributed by atoms with van der Waals surface area (Å²) in [4.78, 5) is 2.53. The summed E-state index contributed by atoms with van der Waals surface area (Å²) in [7, 11) is 0. The van der Waals surface area contributed by atoms with Gasteiger partial charge in [0.1, 0.15) is 0 Å². The van der Waals surface area contributed by atoms with Gasteiger partial charge in [-0.2, -0.15) is 0 Å². The van der Waals surface area contributed by atoms with Gasteiger partial charge in [-0.05, 0) is 43.8 Å². The summed E-state index contributed by atoms with van der Waals surface area (Å²) in [5.74, 6) is 0.864. The molecule has 1 unspecified atom stereocenters. The molecule has 19 heavy (non-hydrogen) atoms. The first-order valence-corrected chi connectivity index (χ1v) is 7.85. The van der Waals surface area contributed by atoms with Gasteiger partial charge >= 0.3 is 0 Å². The topological polar surface area (TPSA) is 15.3 Å². The Balaban J connectivity index is 1.81. The van der Waals surface area contributed by atoms with E-state index in [2.05, 4.69) is 54.4 Å². The lowest BCUT2D eigenvalue weighted by Gasteiger charge is -2.23. The van der Waals surface area contributed by atoms with E-state index in [4.69, 9.17) is 0 Å². The highest BCUT2D eigenvalue weighted by atomic mass is 15.1. The van der Waals surface area contributed by atoms with Crippen LogP contribution in [0.15, 0.2) is 30.3 Å². The number of rotatable bonds is 9. The Bertz CT molecular complexity index is 346. The first-order chi connectivity index (χ1) is 9.35. The third-order valence-electron chi connectivity index (χ3n) is 4.03. The minimum Gasteiger partial charge on any atom is -0.308 e. The van der Waals surface area contributed by atoms with E-state index in [1.807, 2.05) is 0 Å². The van der Waals surface area contributed by atoms with E-state index < -0.39 is 0 Å². The highest BCUT2D eigenvalue weighted by Crippen LogP contribution is 2.40. The van der Waals surface area contributed by atoms with Gasteiger partial charge in [-0.3, -0.25) is 0 Å². The van der Waals surface area contributed by atoms with E-state index in [-0.39, 0.29) is 0 Å². The largest absolute Gasteiger partial charge is 0.308 e. The van der Waals surface area contributed by atoms with Gasteiger partial charge in [0.05, 0.1) is 0 Å². The minimum absolute atomic E-state index is 0.571. The number of nitrogens with one attached hydrogen (secondary N) is 1. The van der Waals surface area contributed by atoms with Crippen molar-refractivity contribution in [1.82, 2.24) is 10.2 Å². The number of hydrogen-bond donors (Lipinski definition) is 1. The van der Waals surface area contributed by atoms with Gasteiger partial charge in [0.2, 0.25) is 0 Å². The van der Waals surface area contributed by atoms with Crippen molar-refractivity contribution in [3.63, 3.8) is 0 Å². The van der Waals surface area contributed by atoms with Crippen molar-refractivity contribution >= 4 is 0 Å². The lowest BCUT2D eigenvalue weighted by Crippen LogP contribution is -2.34. The van der Waals surface area contributed by atoms with Crippen LogP contribution in [0.25, 0.3) is 0 Å². The first-order valence-electron chi connectivity index (χ1n) is 7.85. The van der Waals surface area contributed by atoms with Gasteiger partial charge in [-0.25, -0.2) is 0 Å². The van der Waals surface area contributed by atoms with Crippen molar-refractivity contribution in [2.24, 2.45) is 5.92 Å². The third-order valence-corrected chi connectivity index (χ3v) is 4.03. The predicted molar refractivity (Wildman–Crippen MR) is 82.3 cm³/mol. The lowest BCUT2D eigenvalue weighted by atomic mass is 10.0. The summed E-state index contributed by atoms with van der Waals surface area (Å²) in [6, 6.07) is 11.5. The zero-order chi connectivity index (χ0) is 13.5. The van der Waals surface area contributed by atoms with Crippen molar-refractivity contribution in [2.45, 2.75) is 39.2 Å². The minimum atomic E-state index is 0.571. The van der Waals surface area contributed by atoms with Crippen LogP contribution in [0.3, 0.4) is 0 Å². The fourth-order valence-electron chi connectivity index (χ4n) is 2.77. The van der Waals surface area contributed by atoms with E-state index in [1.165, 1.54) is 37.9 Å². The van der Waals surface area contributed by atoms with E-state index >= 15 is 0 Å². The molecule has 1 aliphatic rings. The smallest absolute Gasteiger partial charge is 0.0349 e. The van der Waals surface area contributed by atoms with Crippen molar-refractivity contribution in [1.29, 1.82) is 0 Å². The van der Waals surface area contributed by atoms with Crippen LogP contribution in [0.4, 0.5) is 0 Å². The summed E-state index contributed by atoms with van der Waals surface area (Å²) in [5, 5.41) is 3.78. The maximum atomic E-state index is 3.78. The molecular weight excluding hydrogens is 232 g/mol. The molecule has 0 bridgehead atoms. The highest BCUT2D eigenvalue weighted by molar-refractivity contribution is 5.21. The molecule has 0 heterocycles. The molecular formula is C17H28N2. The Morgan fingerprint density at radius 2 is 1.89 bits per heavy atom. The standard InChI is InChI=1S/C17H28N2/c1-3-13-19(4-2)14-12-18-17(16-10-11-16)15-8-6-5-7-9-15/h5-9,16-18H,3-4,10-14H2,1-2H3. The normalized spacial score (nSPS) is 16.8. The van der Waals surface area contributed by atoms with E-state index in [0.29, 0.717) is 6.04 Å². The molecule has 2 nitrogen and oxygen atoms in total. The van der Waals surface area contributed by atoms with Crippen molar-refractivity contribution in [3.05, 3.63) is 35.9 Å². The van der Waals surface area contributed by atoms with E-state index in [9.17, 15) is 0 Å². The van der Waals surface area contributed by atoms with Gasteiger partial charge in [0.25, 0.3) is 0 Å². The summed E-state index contributed by atoms with van der Waals surface area (Å²) in [6.45, 7) is 9.16. The third kappa shape index (κ3) is 4.63. The Morgan fingerprint density at radius 3 is 2.47 bits per heavy atom. The Labute approximate surface area is 118 Å². The zero-order valence-electron chi connectivity index (χ0n) is 12.4. The van der Waals surface area contributed by atoms with Crippen LogP contribution in [0.1, 0.15) is 44.7 Å². The Morgan fingerprint density at radius 1 is 1.16 bits per heavy atom. The molecule has 0 saturated heterocycles. The first kappa shape index (κ1) is 14.5. The predicted octanol–water partition coefficient (Wildman–Crippen LogP) is 3.46. The van der Waals surface area contributed by atoms with Gasteiger partial charge < -0.3 is 10.2 Å². The van der Waals surface area contributed by atoms with Crippen LogP contribution >= 0.6 is 0 Å². The van der Waals surface area contributed by atoms with Gasteiger partial charge in [-0.15, -0.1) is 0 Å². The van der Waals surface area contributed by atoms with Crippen LogP contribution < -0.4 is 5.32 Å². The van der Waals surface area contributed by atoms with Crippen molar-refractivity contribution in [2.75, 3.05) is 26.2 Å². The van der Waals surface area contributed by atoms with Gasteiger partial charge in [0, 0.05) is 19.1 Å². The average Bonchev–Trinajstić information content (AvgIpc) is 3.28. The molecule has 0 amide bonds. The monoisotopic (exact) mass is 260 g/mol. The van der Waals surface area contributed by atoms with Crippen LogP contribution in [0.5, 0.6) is 0 Å². The van der Waals surface area contributed by atoms with Crippen molar-refractivity contribution in [3.8, 4) is 0 Å². The summed E-state index contributed by atoms with van der Waals surface area (Å²) in [6.07, 6.45) is 4.02. The maximum absolute atomic E-state index is 3.78. The molecule has 1 fully saturated rings. The van der Waals surface area contributed by atoms with E-state index in [1.54, 1.807) is 0 Å². The second-order valence-electron chi connectivity index (χ2n) is 5.61. The fourth-order valence-corrected chi connectivity index (χ4v) is 2.77. The van der Waals surface area contributed by atoms with Gasteiger partial charge in [-0.1, -0.05) is 44.2 Å². The average molecular weight is 260 g/mol. The van der Waals surface area contributed by atoms with Crippen LogP contribution in [0.2, 0.25) is 0 Å². The zero-order valence-corrected chi connectivity index (χ0v) is 12.4. The molecule has 2 heteroatoms. The van der Waals surface area contributed by atoms with E-state index in [0.717, 1.165) is 19.0 Å². The summed E-state index contributed by atoms with van der Waals surface area (Å²) < 4.78 is 0. The highest BCUT2D eigenvalue weighted by Gasteiger charge is 2.31.